The molecule has 1 heterocycles. The second-order valence-corrected chi connectivity index (χ2v) is 6.44. The van der Waals surface area contributed by atoms with Crippen LogP contribution in [0.5, 0.6) is 0 Å². The molecule has 0 atom stereocenters. The van der Waals surface area contributed by atoms with E-state index in [4.69, 9.17) is 0 Å². The number of anilines is 2. The maximum absolute atomic E-state index is 13.6. The van der Waals surface area contributed by atoms with Crippen LogP contribution in [0.25, 0.3) is 0 Å². The zero-order valence-corrected chi connectivity index (χ0v) is 15.2. The second kappa shape index (κ2) is 8.40. The Labute approximate surface area is 157 Å². The van der Waals surface area contributed by atoms with Crippen molar-refractivity contribution in [3.63, 3.8) is 0 Å². The van der Waals surface area contributed by atoms with Gasteiger partial charge in [-0.2, -0.15) is 0 Å². The summed E-state index contributed by atoms with van der Waals surface area (Å²) < 4.78 is 13.6. The third-order valence-corrected chi connectivity index (χ3v) is 4.15. The quantitative estimate of drug-likeness (QED) is 0.671. The molecule has 1 aromatic heterocycles. The average molecular weight is 364 g/mol. The number of carbonyl (C=O) groups is 1. The van der Waals surface area contributed by atoms with E-state index < -0.39 is 0 Å². The number of hydrogen-bond acceptors (Lipinski definition) is 4. The summed E-state index contributed by atoms with van der Waals surface area (Å²) in [6.45, 7) is 4.43. The third-order valence-electron chi connectivity index (χ3n) is 4.15. The lowest BCUT2D eigenvalue weighted by Crippen LogP contribution is -2.16. The Morgan fingerprint density at radius 1 is 1.00 bits per heavy atom. The standard InChI is InChI=1S/C21H21FN4O/c1-14(2)16-8-4-6-10-18(16)24-21(27)19-11-12-20(26-25-19)23-13-15-7-3-5-9-17(15)22/h3-12,14H,13H2,1-2H3,(H,23,26)(H,24,27). The molecule has 3 rings (SSSR count). The van der Waals surface area contributed by atoms with Crippen LogP contribution in [0.1, 0.15) is 41.4 Å². The number of hydrogen-bond donors (Lipinski definition) is 2. The molecule has 0 unspecified atom stereocenters. The predicted octanol–water partition coefficient (Wildman–Crippen LogP) is 4.60. The Morgan fingerprint density at radius 2 is 1.74 bits per heavy atom. The van der Waals surface area contributed by atoms with Gasteiger partial charge in [-0.3, -0.25) is 4.79 Å². The van der Waals surface area contributed by atoms with Crippen molar-refractivity contribution in [1.29, 1.82) is 0 Å². The molecule has 0 saturated heterocycles. The minimum atomic E-state index is -0.323. The summed E-state index contributed by atoms with van der Waals surface area (Å²) >= 11 is 0. The zero-order valence-electron chi connectivity index (χ0n) is 15.2. The average Bonchev–Trinajstić information content (AvgIpc) is 2.68. The van der Waals surface area contributed by atoms with Crippen molar-refractivity contribution in [2.75, 3.05) is 10.6 Å². The topological polar surface area (TPSA) is 66.9 Å². The molecule has 5 nitrogen and oxygen atoms in total. The highest BCUT2D eigenvalue weighted by Crippen LogP contribution is 2.24. The van der Waals surface area contributed by atoms with Crippen LogP contribution in [-0.4, -0.2) is 16.1 Å². The number of halogens is 1. The minimum Gasteiger partial charge on any atom is -0.364 e. The van der Waals surface area contributed by atoms with Crippen molar-refractivity contribution in [2.45, 2.75) is 26.3 Å². The van der Waals surface area contributed by atoms with Gasteiger partial charge in [-0.15, -0.1) is 10.2 Å². The first kappa shape index (κ1) is 18.5. The van der Waals surface area contributed by atoms with Crippen LogP contribution in [0.3, 0.4) is 0 Å². The highest BCUT2D eigenvalue weighted by Gasteiger charge is 2.12. The number of para-hydroxylation sites is 1. The molecule has 0 spiro atoms. The van der Waals surface area contributed by atoms with Gasteiger partial charge in [-0.1, -0.05) is 50.2 Å². The van der Waals surface area contributed by atoms with Crippen molar-refractivity contribution in [2.24, 2.45) is 0 Å². The summed E-state index contributed by atoms with van der Waals surface area (Å²) in [5.41, 5.74) is 2.57. The minimum absolute atomic E-state index is 0.213. The molecule has 0 radical (unpaired) electrons. The van der Waals surface area contributed by atoms with Gasteiger partial charge >= 0.3 is 0 Å². The van der Waals surface area contributed by atoms with Crippen molar-refractivity contribution >= 4 is 17.4 Å². The first-order valence-electron chi connectivity index (χ1n) is 8.76. The van der Waals surface area contributed by atoms with Crippen LogP contribution in [0.2, 0.25) is 0 Å². The lowest BCUT2D eigenvalue weighted by Gasteiger charge is -2.13. The molecule has 6 heteroatoms. The zero-order chi connectivity index (χ0) is 19.2. The molecule has 138 valence electrons. The van der Waals surface area contributed by atoms with Crippen molar-refractivity contribution in [3.8, 4) is 0 Å². The molecule has 0 bridgehead atoms. The fourth-order valence-corrected chi connectivity index (χ4v) is 2.68. The van der Waals surface area contributed by atoms with Gasteiger partial charge in [0.25, 0.3) is 5.91 Å². The van der Waals surface area contributed by atoms with E-state index in [9.17, 15) is 9.18 Å². The summed E-state index contributed by atoms with van der Waals surface area (Å²) in [6.07, 6.45) is 0. The van der Waals surface area contributed by atoms with Gasteiger partial charge in [0.05, 0.1) is 0 Å². The summed E-state index contributed by atoms with van der Waals surface area (Å²) in [5, 5.41) is 13.8. The largest absolute Gasteiger partial charge is 0.364 e. The van der Waals surface area contributed by atoms with Crippen LogP contribution < -0.4 is 10.6 Å². The lowest BCUT2D eigenvalue weighted by atomic mass is 10.0. The Morgan fingerprint density at radius 3 is 2.44 bits per heavy atom. The van der Waals surface area contributed by atoms with E-state index in [0.29, 0.717) is 11.4 Å². The van der Waals surface area contributed by atoms with Crippen LogP contribution in [0.15, 0.2) is 60.7 Å². The molecule has 27 heavy (non-hydrogen) atoms. The third kappa shape index (κ3) is 4.67. The first-order chi connectivity index (χ1) is 13.0. The van der Waals surface area contributed by atoms with Gasteiger partial charge in [0.1, 0.15) is 11.6 Å². The second-order valence-electron chi connectivity index (χ2n) is 6.44. The van der Waals surface area contributed by atoms with E-state index in [2.05, 4.69) is 34.7 Å². The lowest BCUT2D eigenvalue weighted by molar-refractivity contribution is 0.102. The van der Waals surface area contributed by atoms with Crippen LogP contribution >= 0.6 is 0 Å². The highest BCUT2D eigenvalue weighted by molar-refractivity contribution is 6.03. The van der Waals surface area contributed by atoms with Crippen LogP contribution in [-0.2, 0) is 6.54 Å². The molecular formula is C21H21FN4O. The fourth-order valence-electron chi connectivity index (χ4n) is 2.68. The number of aromatic nitrogens is 2. The number of carbonyl (C=O) groups excluding carboxylic acids is 1. The van der Waals surface area contributed by atoms with Crippen LogP contribution in [0.4, 0.5) is 15.9 Å². The van der Waals surface area contributed by atoms with Gasteiger partial charge in [0, 0.05) is 17.8 Å². The van der Waals surface area contributed by atoms with Gasteiger partial charge < -0.3 is 10.6 Å². The van der Waals surface area contributed by atoms with Gasteiger partial charge in [0.15, 0.2) is 5.69 Å². The maximum atomic E-state index is 13.6. The summed E-state index contributed by atoms with van der Waals surface area (Å²) in [4.78, 5) is 12.4. The summed E-state index contributed by atoms with van der Waals surface area (Å²) in [6, 6.07) is 17.4. The Bertz CT molecular complexity index is 925. The Balaban J connectivity index is 1.65. The van der Waals surface area contributed by atoms with E-state index in [1.165, 1.54) is 6.07 Å². The molecule has 3 aromatic rings. The molecule has 0 fully saturated rings. The smallest absolute Gasteiger partial charge is 0.276 e. The highest BCUT2D eigenvalue weighted by atomic mass is 19.1. The van der Waals surface area contributed by atoms with E-state index in [1.807, 2.05) is 24.3 Å². The molecule has 2 aromatic carbocycles. The molecule has 0 aliphatic carbocycles. The van der Waals surface area contributed by atoms with E-state index >= 15 is 0 Å². The van der Waals surface area contributed by atoms with Gasteiger partial charge in [-0.25, -0.2) is 4.39 Å². The SMILES string of the molecule is CC(C)c1ccccc1NC(=O)c1ccc(NCc2ccccc2F)nn1. The van der Waals surface area contributed by atoms with Crippen molar-refractivity contribution < 1.29 is 9.18 Å². The Kier molecular flexibility index (Phi) is 5.76. The first-order valence-corrected chi connectivity index (χ1v) is 8.76. The summed E-state index contributed by atoms with van der Waals surface area (Å²) in [5.74, 6) is 0.156. The van der Waals surface area contributed by atoms with Crippen LogP contribution in [0, 0.1) is 5.82 Å². The molecule has 0 aliphatic rings. The van der Waals surface area contributed by atoms with E-state index in [-0.39, 0.29) is 29.9 Å². The number of nitrogens with zero attached hydrogens (tertiary/aromatic N) is 2. The van der Waals surface area contributed by atoms with Crippen molar-refractivity contribution in [1.82, 2.24) is 10.2 Å². The monoisotopic (exact) mass is 364 g/mol. The summed E-state index contributed by atoms with van der Waals surface area (Å²) in [7, 11) is 0. The van der Waals surface area contributed by atoms with E-state index in [1.54, 1.807) is 30.3 Å². The molecule has 1 amide bonds. The number of rotatable bonds is 6. The number of benzene rings is 2. The Hall–Kier alpha value is -3.28. The molecule has 0 aliphatic heterocycles. The molecule has 0 saturated carbocycles. The number of amides is 1. The predicted molar refractivity (Wildman–Crippen MR) is 104 cm³/mol. The maximum Gasteiger partial charge on any atom is 0.276 e. The number of nitrogens with one attached hydrogen (secondary N) is 2. The van der Waals surface area contributed by atoms with Gasteiger partial charge in [-0.05, 0) is 35.7 Å². The normalized spacial score (nSPS) is 10.7. The van der Waals surface area contributed by atoms with Gasteiger partial charge in [0.2, 0.25) is 0 Å². The van der Waals surface area contributed by atoms with Crippen molar-refractivity contribution in [3.05, 3.63) is 83.3 Å². The fraction of sp³-hybridized carbons (Fsp3) is 0.190. The van der Waals surface area contributed by atoms with E-state index in [0.717, 1.165) is 11.3 Å². The molecule has 2 N–H and O–H groups in total. The molecular weight excluding hydrogens is 343 g/mol.